The summed E-state index contributed by atoms with van der Waals surface area (Å²) >= 11 is 13.1. The number of likely N-dealkylation sites (N-methyl/N-ethyl adjacent to an activating group) is 1. The first kappa shape index (κ1) is 33.0. The maximum absolute atomic E-state index is 12.9. The lowest BCUT2D eigenvalue weighted by atomic mass is 10.1. The monoisotopic (exact) mass is 648 g/mol. The SMILES string of the molecule is CC(=O)N(CC(=O)O)c1ccc(C=CC(=O)NCC(=O)N(C)c2ccc(Cl)c(COc3cccc4ccc(C)nc34)c2Cl)cc1. The Morgan fingerprint density at radius 3 is 2.42 bits per heavy atom. The van der Waals surface area contributed by atoms with Crippen LogP contribution in [0.3, 0.4) is 0 Å². The third kappa shape index (κ3) is 8.37. The van der Waals surface area contributed by atoms with E-state index < -0.39 is 30.2 Å². The summed E-state index contributed by atoms with van der Waals surface area (Å²) in [5.41, 5.74) is 3.50. The lowest BCUT2D eigenvalue weighted by Crippen LogP contribution is -2.37. The van der Waals surface area contributed by atoms with E-state index in [9.17, 15) is 19.2 Å². The Hall–Kier alpha value is -4.93. The van der Waals surface area contributed by atoms with Crippen LogP contribution in [0.25, 0.3) is 17.0 Å². The Bertz CT molecular complexity index is 1790. The number of anilines is 2. The molecule has 3 aromatic carbocycles. The molecule has 0 radical (unpaired) electrons. The summed E-state index contributed by atoms with van der Waals surface area (Å²) in [6, 6.07) is 19.2. The molecule has 0 spiro atoms. The van der Waals surface area contributed by atoms with Crippen LogP contribution in [0.1, 0.15) is 23.7 Å². The van der Waals surface area contributed by atoms with Crippen molar-refractivity contribution < 1.29 is 29.0 Å². The number of carboxylic acid groups (broad SMARTS) is 1. The molecule has 0 fully saturated rings. The van der Waals surface area contributed by atoms with Crippen molar-refractivity contribution in [1.29, 1.82) is 0 Å². The number of carbonyl (C=O) groups excluding carboxylic acids is 3. The van der Waals surface area contributed by atoms with Gasteiger partial charge in [-0.05, 0) is 55.0 Å². The first-order valence-corrected chi connectivity index (χ1v) is 14.5. The van der Waals surface area contributed by atoms with Gasteiger partial charge in [-0.25, -0.2) is 4.98 Å². The number of aryl methyl sites for hydroxylation is 1. The number of hydrogen-bond donors (Lipinski definition) is 2. The molecule has 0 atom stereocenters. The zero-order valence-corrected chi connectivity index (χ0v) is 26.2. The first-order chi connectivity index (χ1) is 21.4. The molecule has 0 saturated carbocycles. The van der Waals surface area contributed by atoms with Gasteiger partial charge < -0.3 is 25.0 Å². The van der Waals surface area contributed by atoms with Crippen LogP contribution in [0.15, 0.2) is 72.8 Å². The number of para-hydroxylation sites is 1. The van der Waals surface area contributed by atoms with Crippen molar-refractivity contribution >= 4 is 75.2 Å². The van der Waals surface area contributed by atoms with Gasteiger partial charge in [0.2, 0.25) is 17.7 Å². The van der Waals surface area contributed by atoms with Crippen molar-refractivity contribution in [2.45, 2.75) is 20.5 Å². The van der Waals surface area contributed by atoms with Crippen LogP contribution in [-0.4, -0.2) is 53.9 Å². The fourth-order valence-corrected chi connectivity index (χ4v) is 5.00. The number of carbonyl (C=O) groups is 4. The van der Waals surface area contributed by atoms with Crippen LogP contribution in [0.4, 0.5) is 11.4 Å². The first-order valence-electron chi connectivity index (χ1n) is 13.7. The highest BCUT2D eigenvalue weighted by Crippen LogP contribution is 2.35. The summed E-state index contributed by atoms with van der Waals surface area (Å²) < 4.78 is 6.06. The van der Waals surface area contributed by atoms with Crippen LogP contribution in [0.2, 0.25) is 10.0 Å². The predicted molar refractivity (Wildman–Crippen MR) is 175 cm³/mol. The molecule has 0 aliphatic carbocycles. The van der Waals surface area contributed by atoms with Crippen molar-refractivity contribution in [3.63, 3.8) is 0 Å². The maximum Gasteiger partial charge on any atom is 0.323 e. The van der Waals surface area contributed by atoms with Crippen molar-refractivity contribution in [3.05, 3.63) is 99.7 Å². The van der Waals surface area contributed by atoms with Gasteiger partial charge in [-0.15, -0.1) is 0 Å². The fraction of sp³-hybridized carbons (Fsp3) is 0.182. The van der Waals surface area contributed by atoms with Gasteiger partial charge in [0.05, 0.1) is 17.3 Å². The van der Waals surface area contributed by atoms with Gasteiger partial charge in [0.25, 0.3) is 0 Å². The van der Waals surface area contributed by atoms with Crippen molar-refractivity contribution in [1.82, 2.24) is 10.3 Å². The third-order valence-corrected chi connectivity index (χ3v) is 7.59. The minimum Gasteiger partial charge on any atom is -0.487 e. The maximum atomic E-state index is 12.9. The molecule has 0 unspecified atom stereocenters. The van der Waals surface area contributed by atoms with Crippen LogP contribution in [-0.2, 0) is 25.8 Å². The quantitative estimate of drug-likeness (QED) is 0.201. The summed E-state index contributed by atoms with van der Waals surface area (Å²) in [5.74, 6) is -1.90. The minimum absolute atomic E-state index is 0.0388. The van der Waals surface area contributed by atoms with E-state index in [-0.39, 0.29) is 18.2 Å². The van der Waals surface area contributed by atoms with Gasteiger partial charge in [0, 0.05) is 47.4 Å². The smallest absolute Gasteiger partial charge is 0.323 e. The normalized spacial score (nSPS) is 11.0. The highest BCUT2D eigenvalue weighted by atomic mass is 35.5. The number of amides is 3. The van der Waals surface area contributed by atoms with Gasteiger partial charge >= 0.3 is 5.97 Å². The van der Waals surface area contributed by atoms with Gasteiger partial charge in [-0.3, -0.25) is 19.2 Å². The van der Waals surface area contributed by atoms with E-state index in [1.165, 1.54) is 31.0 Å². The second-order valence-corrected chi connectivity index (χ2v) is 10.8. The number of nitrogens with one attached hydrogen (secondary N) is 1. The Kier molecular flexibility index (Phi) is 10.8. The molecule has 10 nitrogen and oxygen atoms in total. The van der Waals surface area contributed by atoms with Crippen LogP contribution >= 0.6 is 23.2 Å². The number of halogens is 2. The molecule has 4 rings (SSSR count). The Morgan fingerprint density at radius 2 is 1.73 bits per heavy atom. The highest BCUT2D eigenvalue weighted by Gasteiger charge is 2.20. The Morgan fingerprint density at radius 1 is 1.00 bits per heavy atom. The average Bonchev–Trinajstić information content (AvgIpc) is 3.01. The number of carboxylic acids is 1. The number of aromatic nitrogens is 1. The molecule has 0 saturated heterocycles. The average molecular weight is 650 g/mol. The molecule has 2 N–H and O–H groups in total. The van der Waals surface area contributed by atoms with Crippen molar-refractivity contribution in [3.8, 4) is 5.75 Å². The second-order valence-electron chi connectivity index (χ2n) is 10.0. The zero-order valence-electron chi connectivity index (χ0n) is 24.7. The summed E-state index contributed by atoms with van der Waals surface area (Å²) in [7, 11) is 1.54. The predicted octanol–water partition coefficient (Wildman–Crippen LogP) is 5.66. The molecule has 12 heteroatoms. The van der Waals surface area contributed by atoms with E-state index in [1.807, 2.05) is 37.3 Å². The topological polar surface area (TPSA) is 129 Å². The number of nitrogens with zero attached hydrogens (tertiary/aromatic N) is 3. The number of ether oxygens (including phenoxy) is 1. The van der Waals surface area contributed by atoms with Gasteiger partial charge in [-0.2, -0.15) is 0 Å². The highest BCUT2D eigenvalue weighted by molar-refractivity contribution is 6.38. The van der Waals surface area contributed by atoms with E-state index in [0.29, 0.717) is 38.8 Å². The minimum atomic E-state index is -1.14. The van der Waals surface area contributed by atoms with Crippen LogP contribution in [0, 0.1) is 6.92 Å². The number of pyridine rings is 1. The molecular formula is C33H30Cl2N4O6. The standard InChI is InChI=1S/C33H30Cl2N4O6/c1-20-7-11-23-5-4-6-28(33(23)37-20)45-19-25-26(34)14-15-27(32(25)35)38(3)30(42)17-36-29(41)16-10-22-8-12-24(13-9-22)39(21(2)40)18-31(43)44/h4-16H,17-19H2,1-3H3,(H,36,41)(H,43,44). The molecule has 0 bridgehead atoms. The van der Waals surface area contributed by atoms with Crippen molar-refractivity contribution in [2.24, 2.45) is 0 Å². The molecule has 232 valence electrons. The molecular weight excluding hydrogens is 619 g/mol. The summed E-state index contributed by atoms with van der Waals surface area (Å²) in [4.78, 5) is 55.2. The van der Waals surface area contributed by atoms with Gasteiger partial charge in [0.15, 0.2) is 0 Å². The van der Waals surface area contributed by atoms with Gasteiger partial charge in [0.1, 0.15) is 24.4 Å². The molecule has 0 aliphatic rings. The molecule has 3 amide bonds. The lowest BCUT2D eigenvalue weighted by molar-refractivity contribution is -0.136. The Labute approximate surface area is 269 Å². The number of rotatable bonds is 11. The molecule has 1 heterocycles. The van der Waals surface area contributed by atoms with Crippen molar-refractivity contribution in [2.75, 3.05) is 29.9 Å². The van der Waals surface area contributed by atoms with Crippen LogP contribution in [0.5, 0.6) is 5.75 Å². The summed E-state index contributed by atoms with van der Waals surface area (Å²) in [5, 5.41) is 13.1. The largest absolute Gasteiger partial charge is 0.487 e. The number of aliphatic carboxylic acids is 1. The summed E-state index contributed by atoms with van der Waals surface area (Å²) in [6.45, 7) is 2.45. The molecule has 45 heavy (non-hydrogen) atoms. The zero-order chi connectivity index (χ0) is 32.7. The Balaban J connectivity index is 1.37. The molecule has 0 aliphatic heterocycles. The fourth-order valence-electron chi connectivity index (χ4n) is 4.39. The van der Waals surface area contributed by atoms with Gasteiger partial charge in [-0.1, -0.05) is 53.5 Å². The second kappa shape index (κ2) is 14.7. The summed E-state index contributed by atoms with van der Waals surface area (Å²) in [6.07, 6.45) is 2.79. The molecule has 1 aromatic heterocycles. The van der Waals surface area contributed by atoms with E-state index in [0.717, 1.165) is 16.0 Å². The van der Waals surface area contributed by atoms with E-state index in [4.69, 9.17) is 33.0 Å². The van der Waals surface area contributed by atoms with Crippen LogP contribution < -0.4 is 19.9 Å². The van der Waals surface area contributed by atoms with E-state index in [2.05, 4.69) is 10.3 Å². The lowest BCUT2D eigenvalue weighted by Gasteiger charge is -2.21. The number of hydrogen-bond acceptors (Lipinski definition) is 6. The van der Waals surface area contributed by atoms with E-state index in [1.54, 1.807) is 36.4 Å². The van der Waals surface area contributed by atoms with E-state index >= 15 is 0 Å². The number of benzene rings is 3. The third-order valence-electron chi connectivity index (χ3n) is 6.81. The molecule has 4 aromatic rings. The number of fused-ring (bicyclic) bond motifs is 1.